The van der Waals surface area contributed by atoms with Gasteiger partial charge in [-0.1, -0.05) is 18.2 Å². The number of phenolic OH excluding ortho intramolecular Hbond substituents is 3. The number of hydrogen-bond donors (Lipinski definition) is 3. The van der Waals surface area contributed by atoms with E-state index in [1.54, 1.807) is 30.3 Å². The van der Waals surface area contributed by atoms with E-state index >= 15 is 0 Å². The van der Waals surface area contributed by atoms with Crippen molar-refractivity contribution in [1.29, 1.82) is 0 Å². The van der Waals surface area contributed by atoms with Gasteiger partial charge in [0.15, 0.2) is 12.6 Å². The largest absolute Gasteiger partial charge is 0.508 e. The van der Waals surface area contributed by atoms with Gasteiger partial charge in [0.1, 0.15) is 17.2 Å². The molecule has 0 aliphatic rings. The first-order valence-electron chi connectivity index (χ1n) is 8.77. The van der Waals surface area contributed by atoms with Crippen LogP contribution in [-0.4, -0.2) is 27.9 Å². The van der Waals surface area contributed by atoms with Gasteiger partial charge in [-0.2, -0.15) is 0 Å². The Morgan fingerprint density at radius 1 is 0.679 bits per heavy atom. The van der Waals surface area contributed by atoms with Crippen LogP contribution < -0.4 is 0 Å². The van der Waals surface area contributed by atoms with Gasteiger partial charge >= 0.3 is 0 Å². The van der Waals surface area contributed by atoms with E-state index < -0.39 is 0 Å². The second-order valence-electron chi connectivity index (χ2n) is 6.73. The number of carbonyl (C=O) groups excluding carboxylic acids is 2. The Balaban J connectivity index is 2.02. The molecule has 0 spiro atoms. The lowest BCUT2D eigenvalue weighted by Crippen LogP contribution is -2.02. The monoisotopic (exact) mass is 376 g/mol. The number of benzene rings is 3. The van der Waals surface area contributed by atoms with E-state index in [-0.39, 0.29) is 28.4 Å². The molecule has 3 aromatic rings. The van der Waals surface area contributed by atoms with Crippen LogP contribution in [0.4, 0.5) is 0 Å². The third-order valence-electron chi connectivity index (χ3n) is 4.84. The lowest BCUT2D eigenvalue weighted by Gasteiger charge is -2.16. The van der Waals surface area contributed by atoms with Gasteiger partial charge in [0.05, 0.1) is 11.1 Å². The molecule has 0 atom stereocenters. The first-order valence-corrected chi connectivity index (χ1v) is 8.77. The van der Waals surface area contributed by atoms with Crippen molar-refractivity contribution in [2.45, 2.75) is 19.8 Å². The molecule has 3 N–H and O–H groups in total. The lowest BCUT2D eigenvalue weighted by atomic mass is 9.90. The van der Waals surface area contributed by atoms with Gasteiger partial charge in [0.25, 0.3) is 0 Å². The van der Waals surface area contributed by atoms with Crippen LogP contribution in [0, 0.1) is 6.92 Å². The van der Waals surface area contributed by atoms with Gasteiger partial charge < -0.3 is 15.3 Å². The van der Waals surface area contributed by atoms with E-state index in [9.17, 15) is 24.9 Å². The maximum atomic E-state index is 11.1. The normalized spacial score (nSPS) is 10.6. The smallest absolute Gasteiger partial charge is 0.153 e. The van der Waals surface area contributed by atoms with Gasteiger partial charge in [0.2, 0.25) is 0 Å². The standard InChI is InChI=1S/C23H20O5/c1-14-2-5-23(28)20(11-16-4-7-22(27)18(9-16)13-25)19(14)10-15-3-6-21(26)17(8-15)12-24/h2-9,12-13,26-28H,10-11H2,1H3. The fourth-order valence-electron chi connectivity index (χ4n) is 3.27. The zero-order valence-electron chi connectivity index (χ0n) is 15.3. The van der Waals surface area contributed by atoms with E-state index in [0.29, 0.717) is 31.0 Å². The predicted molar refractivity (Wildman–Crippen MR) is 105 cm³/mol. The molecule has 142 valence electrons. The average molecular weight is 376 g/mol. The molecular formula is C23H20O5. The summed E-state index contributed by atoms with van der Waals surface area (Å²) in [6, 6.07) is 13.1. The molecule has 0 saturated carbocycles. The molecule has 0 heterocycles. The van der Waals surface area contributed by atoms with Crippen LogP contribution in [0.2, 0.25) is 0 Å². The number of aromatic hydroxyl groups is 3. The van der Waals surface area contributed by atoms with Crippen molar-refractivity contribution >= 4 is 12.6 Å². The summed E-state index contributed by atoms with van der Waals surface area (Å²) in [5.41, 5.74) is 4.61. The number of carbonyl (C=O) groups is 2. The Morgan fingerprint density at radius 3 is 1.64 bits per heavy atom. The summed E-state index contributed by atoms with van der Waals surface area (Å²) in [5.74, 6) is -0.0225. The van der Waals surface area contributed by atoms with Crippen LogP contribution in [0.1, 0.15) is 48.5 Å². The molecule has 0 aliphatic heterocycles. The molecule has 0 aliphatic carbocycles. The predicted octanol–water partition coefficient (Wildman–Crippen LogP) is 3.92. The highest BCUT2D eigenvalue weighted by molar-refractivity contribution is 5.80. The van der Waals surface area contributed by atoms with Crippen molar-refractivity contribution in [3.8, 4) is 17.2 Å². The fraction of sp³-hybridized carbons (Fsp3) is 0.130. The van der Waals surface area contributed by atoms with E-state index in [2.05, 4.69) is 0 Å². The molecule has 5 nitrogen and oxygen atoms in total. The molecule has 0 aromatic heterocycles. The molecule has 3 aromatic carbocycles. The summed E-state index contributed by atoms with van der Waals surface area (Å²) in [7, 11) is 0. The van der Waals surface area contributed by atoms with E-state index in [0.717, 1.165) is 22.3 Å². The third kappa shape index (κ3) is 3.88. The summed E-state index contributed by atoms with van der Waals surface area (Å²) >= 11 is 0. The molecule has 0 radical (unpaired) electrons. The van der Waals surface area contributed by atoms with Gasteiger partial charge in [-0.3, -0.25) is 9.59 Å². The molecule has 0 bridgehead atoms. The van der Waals surface area contributed by atoms with Crippen molar-refractivity contribution in [2.75, 3.05) is 0 Å². The summed E-state index contributed by atoms with van der Waals surface area (Å²) in [6.07, 6.45) is 2.04. The zero-order chi connectivity index (χ0) is 20.3. The topological polar surface area (TPSA) is 94.8 Å². The molecule has 0 unspecified atom stereocenters. The van der Waals surface area contributed by atoms with Crippen LogP contribution in [-0.2, 0) is 12.8 Å². The average Bonchev–Trinajstić information content (AvgIpc) is 2.69. The van der Waals surface area contributed by atoms with Crippen LogP contribution >= 0.6 is 0 Å². The molecule has 0 fully saturated rings. The Kier molecular flexibility index (Phi) is 5.45. The molecular weight excluding hydrogens is 356 g/mol. The summed E-state index contributed by atoms with van der Waals surface area (Å²) < 4.78 is 0. The van der Waals surface area contributed by atoms with Crippen molar-refractivity contribution in [3.05, 3.63) is 87.5 Å². The van der Waals surface area contributed by atoms with Crippen molar-refractivity contribution in [1.82, 2.24) is 0 Å². The number of aryl methyl sites for hydroxylation is 1. The van der Waals surface area contributed by atoms with Crippen molar-refractivity contribution in [3.63, 3.8) is 0 Å². The molecule has 0 amide bonds. The second-order valence-corrected chi connectivity index (χ2v) is 6.73. The van der Waals surface area contributed by atoms with Crippen LogP contribution in [0.15, 0.2) is 48.5 Å². The summed E-state index contributed by atoms with van der Waals surface area (Å²) in [4.78, 5) is 22.2. The number of hydrogen-bond acceptors (Lipinski definition) is 5. The Bertz CT molecular complexity index is 969. The van der Waals surface area contributed by atoms with Gasteiger partial charge in [-0.15, -0.1) is 0 Å². The Hall–Kier alpha value is -3.60. The van der Waals surface area contributed by atoms with Gasteiger partial charge in [0, 0.05) is 12.0 Å². The third-order valence-corrected chi connectivity index (χ3v) is 4.84. The second kappa shape index (κ2) is 7.96. The maximum Gasteiger partial charge on any atom is 0.153 e. The quantitative estimate of drug-likeness (QED) is 0.567. The minimum absolute atomic E-state index is 0.0721. The van der Waals surface area contributed by atoms with Crippen molar-refractivity contribution < 1.29 is 24.9 Å². The zero-order valence-corrected chi connectivity index (χ0v) is 15.3. The highest BCUT2D eigenvalue weighted by Gasteiger charge is 2.14. The van der Waals surface area contributed by atoms with E-state index in [4.69, 9.17) is 0 Å². The fourth-order valence-corrected chi connectivity index (χ4v) is 3.27. The molecule has 0 saturated heterocycles. The van der Waals surface area contributed by atoms with Crippen LogP contribution in [0.25, 0.3) is 0 Å². The maximum absolute atomic E-state index is 11.1. The van der Waals surface area contributed by atoms with Gasteiger partial charge in [-0.05, 0) is 65.9 Å². The number of phenols is 3. The lowest BCUT2D eigenvalue weighted by molar-refractivity contribution is 0.111. The van der Waals surface area contributed by atoms with Gasteiger partial charge in [-0.25, -0.2) is 0 Å². The Morgan fingerprint density at radius 2 is 1.14 bits per heavy atom. The molecule has 3 rings (SSSR count). The first kappa shape index (κ1) is 19.2. The molecule has 5 heteroatoms. The minimum Gasteiger partial charge on any atom is -0.508 e. The highest BCUT2D eigenvalue weighted by Crippen LogP contribution is 2.30. The number of rotatable bonds is 6. The van der Waals surface area contributed by atoms with Crippen LogP contribution in [0.5, 0.6) is 17.2 Å². The van der Waals surface area contributed by atoms with E-state index in [1.807, 2.05) is 13.0 Å². The summed E-state index contributed by atoms with van der Waals surface area (Å²) in [6.45, 7) is 1.94. The van der Waals surface area contributed by atoms with E-state index in [1.165, 1.54) is 12.1 Å². The first-order chi connectivity index (χ1) is 13.4. The number of aldehydes is 2. The highest BCUT2D eigenvalue weighted by atomic mass is 16.3. The summed E-state index contributed by atoms with van der Waals surface area (Å²) in [5, 5.41) is 29.9. The Labute approximate surface area is 162 Å². The SMILES string of the molecule is Cc1ccc(O)c(Cc2ccc(O)c(C=O)c2)c1Cc1ccc(O)c(C=O)c1. The van der Waals surface area contributed by atoms with Crippen LogP contribution in [0.3, 0.4) is 0 Å². The molecule has 28 heavy (non-hydrogen) atoms. The minimum atomic E-state index is -0.0853. The van der Waals surface area contributed by atoms with Crippen molar-refractivity contribution in [2.24, 2.45) is 0 Å².